The number of carbonyl (C=O) groups excluding carboxylic acids is 2. The highest BCUT2D eigenvalue weighted by atomic mass is 16.6. The Morgan fingerprint density at radius 1 is 1.24 bits per heavy atom. The molecular weight excluding hydrogens is 330 g/mol. The topological polar surface area (TPSA) is 111 Å². The molecule has 1 aromatic rings. The van der Waals surface area contributed by atoms with Crippen LogP contribution in [0, 0.1) is 0 Å². The third kappa shape index (κ3) is 8.05. The Hall–Kier alpha value is -2.77. The van der Waals surface area contributed by atoms with Crippen LogP contribution in [0.1, 0.15) is 26.3 Å². The summed E-state index contributed by atoms with van der Waals surface area (Å²) in [6.07, 6.45) is -0.776. The number of carboxylic acid groups (broad SMARTS) is 1. The van der Waals surface area contributed by atoms with Crippen molar-refractivity contribution < 1.29 is 33.7 Å². The Balaban J connectivity index is 2.73. The number of methoxy groups -OCH3 is 1. The molecule has 0 heterocycles. The maximum absolute atomic E-state index is 11.8. The van der Waals surface area contributed by atoms with E-state index in [1.165, 1.54) is 7.11 Å². The first-order valence-corrected chi connectivity index (χ1v) is 7.61. The van der Waals surface area contributed by atoms with Gasteiger partial charge in [-0.2, -0.15) is 0 Å². The van der Waals surface area contributed by atoms with Gasteiger partial charge in [0.15, 0.2) is 6.61 Å². The van der Waals surface area contributed by atoms with Gasteiger partial charge in [0.2, 0.25) is 0 Å². The Labute approximate surface area is 146 Å². The lowest BCUT2D eigenvalue weighted by Gasteiger charge is -2.22. The van der Waals surface area contributed by atoms with Gasteiger partial charge in [-0.1, -0.05) is 12.1 Å². The molecule has 8 nitrogen and oxygen atoms in total. The van der Waals surface area contributed by atoms with Gasteiger partial charge in [-0.05, 0) is 38.5 Å². The highest BCUT2D eigenvalue weighted by molar-refractivity contribution is 5.80. The lowest BCUT2D eigenvalue weighted by Crippen LogP contribution is -2.44. The smallest absolute Gasteiger partial charge is 0.408 e. The van der Waals surface area contributed by atoms with Crippen LogP contribution in [0.2, 0.25) is 0 Å². The molecule has 1 aromatic carbocycles. The molecule has 8 heteroatoms. The second kappa shape index (κ2) is 8.91. The van der Waals surface area contributed by atoms with Crippen molar-refractivity contribution in [1.29, 1.82) is 0 Å². The zero-order valence-electron chi connectivity index (χ0n) is 14.7. The standard InChI is InChI=1S/C17H23NO7/c1-17(2,3)25-16(22)18-13(15(20)21)9-11-6-5-7-12(8-11)24-10-14(19)23-4/h5-8,13H,9-10H2,1-4H3,(H,18,22)(H,20,21)/t13-/m0/s1. The van der Waals surface area contributed by atoms with E-state index in [0.29, 0.717) is 11.3 Å². The molecule has 1 rings (SSSR count). The Morgan fingerprint density at radius 3 is 2.48 bits per heavy atom. The molecule has 2 N–H and O–H groups in total. The average Bonchev–Trinajstić information content (AvgIpc) is 2.50. The van der Waals surface area contributed by atoms with Crippen LogP contribution in [0.25, 0.3) is 0 Å². The van der Waals surface area contributed by atoms with Crippen molar-refractivity contribution in [3.05, 3.63) is 29.8 Å². The molecule has 0 fully saturated rings. The Morgan fingerprint density at radius 2 is 1.92 bits per heavy atom. The lowest BCUT2D eigenvalue weighted by atomic mass is 10.1. The van der Waals surface area contributed by atoms with E-state index in [1.54, 1.807) is 45.0 Å². The van der Waals surface area contributed by atoms with Gasteiger partial charge in [0.1, 0.15) is 17.4 Å². The van der Waals surface area contributed by atoms with E-state index in [4.69, 9.17) is 9.47 Å². The quantitative estimate of drug-likeness (QED) is 0.718. The fraction of sp³-hybridized carbons (Fsp3) is 0.471. The van der Waals surface area contributed by atoms with Gasteiger partial charge in [-0.3, -0.25) is 0 Å². The second-order valence-corrected chi connectivity index (χ2v) is 6.25. The number of ether oxygens (including phenoxy) is 3. The van der Waals surface area contributed by atoms with Gasteiger partial charge in [-0.25, -0.2) is 14.4 Å². The van der Waals surface area contributed by atoms with Crippen molar-refractivity contribution in [2.45, 2.75) is 38.8 Å². The molecule has 25 heavy (non-hydrogen) atoms. The lowest BCUT2D eigenvalue weighted by molar-refractivity contribution is -0.143. The number of benzene rings is 1. The van der Waals surface area contributed by atoms with E-state index in [2.05, 4.69) is 10.1 Å². The first kappa shape index (κ1) is 20.3. The van der Waals surface area contributed by atoms with Crippen LogP contribution in [0.3, 0.4) is 0 Å². The molecule has 0 radical (unpaired) electrons. The summed E-state index contributed by atoms with van der Waals surface area (Å²) < 4.78 is 14.8. The molecule has 0 aliphatic rings. The molecule has 0 saturated carbocycles. The third-order valence-corrected chi connectivity index (χ3v) is 2.91. The second-order valence-electron chi connectivity index (χ2n) is 6.25. The van der Waals surface area contributed by atoms with Gasteiger partial charge in [0, 0.05) is 6.42 Å². The van der Waals surface area contributed by atoms with Crippen LogP contribution < -0.4 is 10.1 Å². The number of hydrogen-bond acceptors (Lipinski definition) is 6. The molecule has 138 valence electrons. The van der Waals surface area contributed by atoms with Gasteiger partial charge in [0.05, 0.1) is 7.11 Å². The molecule has 0 unspecified atom stereocenters. The molecule has 0 aliphatic carbocycles. The predicted molar refractivity (Wildman–Crippen MR) is 88.5 cm³/mol. The van der Waals surface area contributed by atoms with Gasteiger partial charge >= 0.3 is 18.0 Å². The number of aliphatic carboxylic acids is 1. The van der Waals surface area contributed by atoms with Crippen molar-refractivity contribution in [2.75, 3.05) is 13.7 Å². The third-order valence-electron chi connectivity index (χ3n) is 2.91. The van der Waals surface area contributed by atoms with E-state index in [9.17, 15) is 19.5 Å². The van der Waals surface area contributed by atoms with Crippen LogP contribution in [-0.2, 0) is 25.5 Å². The molecule has 0 spiro atoms. The number of carboxylic acids is 1. The number of hydrogen-bond donors (Lipinski definition) is 2. The highest BCUT2D eigenvalue weighted by Crippen LogP contribution is 2.15. The minimum Gasteiger partial charge on any atom is -0.482 e. The summed E-state index contributed by atoms with van der Waals surface area (Å²) >= 11 is 0. The molecule has 0 bridgehead atoms. The van der Waals surface area contributed by atoms with Crippen LogP contribution in [0.5, 0.6) is 5.75 Å². The van der Waals surface area contributed by atoms with Crippen LogP contribution in [0.15, 0.2) is 24.3 Å². The summed E-state index contributed by atoms with van der Waals surface area (Å²) in [6, 6.07) is 5.41. The first-order chi connectivity index (χ1) is 11.6. The van der Waals surface area contributed by atoms with Crippen molar-refractivity contribution in [1.82, 2.24) is 5.32 Å². The van der Waals surface area contributed by atoms with E-state index >= 15 is 0 Å². The summed E-state index contributed by atoms with van der Waals surface area (Å²) in [5.74, 6) is -1.32. The molecular formula is C17H23NO7. The predicted octanol–water partition coefficient (Wildman–Crippen LogP) is 1.76. The molecule has 0 aliphatic heterocycles. The Kier molecular flexibility index (Phi) is 7.22. The molecule has 0 saturated heterocycles. The van der Waals surface area contributed by atoms with E-state index < -0.39 is 29.7 Å². The largest absolute Gasteiger partial charge is 0.482 e. The van der Waals surface area contributed by atoms with E-state index in [0.717, 1.165) is 0 Å². The minimum absolute atomic E-state index is 0.0317. The van der Waals surface area contributed by atoms with Crippen molar-refractivity contribution in [3.8, 4) is 5.75 Å². The summed E-state index contributed by atoms with van der Waals surface area (Å²) in [5, 5.41) is 11.6. The van der Waals surface area contributed by atoms with E-state index in [-0.39, 0.29) is 13.0 Å². The number of rotatable bonds is 7. The number of esters is 1. The summed E-state index contributed by atoms with van der Waals surface area (Å²) in [4.78, 5) is 34.2. The Bertz CT molecular complexity index is 622. The van der Waals surface area contributed by atoms with Crippen molar-refractivity contribution in [2.24, 2.45) is 0 Å². The SMILES string of the molecule is COC(=O)COc1cccc(C[C@H](NC(=O)OC(C)(C)C)C(=O)O)c1. The van der Waals surface area contributed by atoms with Crippen molar-refractivity contribution in [3.63, 3.8) is 0 Å². The summed E-state index contributed by atoms with van der Waals surface area (Å²) in [6.45, 7) is 4.80. The molecule has 1 amide bonds. The van der Waals surface area contributed by atoms with Gasteiger partial charge in [-0.15, -0.1) is 0 Å². The van der Waals surface area contributed by atoms with Crippen LogP contribution in [-0.4, -0.2) is 48.5 Å². The molecule has 1 atom stereocenters. The van der Waals surface area contributed by atoms with Crippen LogP contribution >= 0.6 is 0 Å². The minimum atomic E-state index is -1.19. The number of alkyl carbamates (subject to hydrolysis) is 1. The average molecular weight is 353 g/mol. The number of carbonyl (C=O) groups is 3. The zero-order chi connectivity index (χ0) is 19.0. The van der Waals surface area contributed by atoms with Gasteiger partial charge < -0.3 is 24.6 Å². The highest BCUT2D eigenvalue weighted by Gasteiger charge is 2.24. The zero-order valence-corrected chi connectivity index (χ0v) is 14.7. The first-order valence-electron chi connectivity index (χ1n) is 7.61. The maximum atomic E-state index is 11.8. The van der Waals surface area contributed by atoms with E-state index in [1.807, 2.05) is 0 Å². The summed E-state index contributed by atoms with van der Waals surface area (Å²) in [5.41, 5.74) is -0.111. The monoisotopic (exact) mass is 353 g/mol. The molecule has 0 aromatic heterocycles. The fourth-order valence-corrected chi connectivity index (χ4v) is 1.85. The fourth-order valence-electron chi connectivity index (χ4n) is 1.85. The summed E-state index contributed by atoms with van der Waals surface area (Å²) in [7, 11) is 1.25. The number of amides is 1. The normalized spacial score (nSPS) is 12.0. The number of nitrogens with one attached hydrogen (secondary N) is 1. The van der Waals surface area contributed by atoms with Gasteiger partial charge in [0.25, 0.3) is 0 Å². The maximum Gasteiger partial charge on any atom is 0.408 e. The van der Waals surface area contributed by atoms with Crippen molar-refractivity contribution >= 4 is 18.0 Å². The van der Waals surface area contributed by atoms with Crippen LogP contribution in [0.4, 0.5) is 4.79 Å².